The van der Waals surface area contributed by atoms with Gasteiger partial charge in [0.2, 0.25) is 0 Å². The molecule has 0 aliphatic heterocycles. The third kappa shape index (κ3) is 3.52. The molecule has 0 spiro atoms. The number of nitrogens with one attached hydrogen (secondary N) is 1. The van der Waals surface area contributed by atoms with Crippen LogP contribution in [0, 0.1) is 0 Å². The Kier molecular flexibility index (Phi) is 4.57. The third-order valence-corrected chi connectivity index (χ3v) is 5.07. The molecule has 138 valence electrons. The summed E-state index contributed by atoms with van der Waals surface area (Å²) in [5.41, 5.74) is 2.87. The fourth-order valence-electron chi connectivity index (χ4n) is 2.99. The Hall–Kier alpha value is -2.87. The molecule has 0 aliphatic rings. The molecule has 0 radical (unpaired) electrons. The number of hydrogen-bond donors (Lipinski definition) is 1. The summed E-state index contributed by atoms with van der Waals surface area (Å²) < 4.78 is 31.0. The highest BCUT2D eigenvalue weighted by atomic mass is 32.2. The topological polar surface area (TPSA) is 59.9 Å². The second-order valence-electron chi connectivity index (χ2n) is 5.98. The number of hydrogen-bond acceptors (Lipinski definition) is 4. The Morgan fingerprint density at radius 1 is 1.30 bits per heavy atom. The minimum Gasteiger partial charge on any atom is -0.435 e. The van der Waals surface area contributed by atoms with Crippen molar-refractivity contribution in [3.8, 4) is 5.75 Å². The molecule has 0 saturated heterocycles. The van der Waals surface area contributed by atoms with E-state index in [0.717, 1.165) is 10.9 Å². The average Bonchev–Trinajstić information content (AvgIpc) is 3.20. The molecule has 0 fully saturated rings. The smallest absolute Gasteiger partial charge is 0.387 e. The van der Waals surface area contributed by atoms with E-state index >= 15 is 0 Å². The zero-order valence-corrected chi connectivity index (χ0v) is 15.1. The number of carbonyl (C=O) groups excluding carboxylic acids is 1. The van der Waals surface area contributed by atoms with Gasteiger partial charge in [-0.15, -0.1) is 0 Å². The quantitative estimate of drug-likeness (QED) is 0.387. The summed E-state index contributed by atoms with van der Waals surface area (Å²) in [6.07, 6.45) is 1.83. The molecular weight excluding hydrogens is 372 g/mol. The van der Waals surface area contributed by atoms with Crippen molar-refractivity contribution in [1.29, 1.82) is 0 Å². The number of fused-ring (bicyclic) bond motifs is 2. The average molecular weight is 387 g/mol. The largest absolute Gasteiger partial charge is 0.435 e. The molecule has 0 unspecified atom stereocenters. The van der Waals surface area contributed by atoms with Crippen molar-refractivity contribution >= 4 is 39.5 Å². The maximum Gasteiger partial charge on any atom is 0.387 e. The Balaban J connectivity index is 1.51. The number of imidazole rings is 1. The predicted molar refractivity (Wildman–Crippen MR) is 101 cm³/mol. The first kappa shape index (κ1) is 17.5. The van der Waals surface area contributed by atoms with Crippen LogP contribution in [0.15, 0.2) is 53.8 Å². The Bertz CT molecular complexity index is 1140. The van der Waals surface area contributed by atoms with Crippen molar-refractivity contribution in [2.24, 2.45) is 7.05 Å². The van der Waals surface area contributed by atoms with E-state index in [1.165, 1.54) is 23.9 Å². The van der Waals surface area contributed by atoms with Gasteiger partial charge < -0.3 is 14.3 Å². The van der Waals surface area contributed by atoms with Crippen LogP contribution >= 0.6 is 11.8 Å². The van der Waals surface area contributed by atoms with E-state index in [4.69, 9.17) is 0 Å². The zero-order chi connectivity index (χ0) is 19.0. The predicted octanol–water partition coefficient (Wildman–Crippen LogP) is 4.63. The normalized spacial score (nSPS) is 11.6. The first-order valence-corrected chi connectivity index (χ1v) is 9.14. The Morgan fingerprint density at radius 3 is 2.93 bits per heavy atom. The van der Waals surface area contributed by atoms with Crippen LogP contribution in [0.1, 0.15) is 10.4 Å². The highest BCUT2D eigenvalue weighted by molar-refractivity contribution is 7.99. The van der Waals surface area contributed by atoms with Crippen molar-refractivity contribution in [2.75, 3.05) is 5.75 Å². The molecule has 8 heteroatoms. The van der Waals surface area contributed by atoms with E-state index in [1.54, 1.807) is 6.07 Å². The molecule has 2 aromatic carbocycles. The number of halogens is 2. The summed E-state index contributed by atoms with van der Waals surface area (Å²) in [6, 6.07) is 12.2. The van der Waals surface area contributed by atoms with Gasteiger partial charge >= 0.3 is 6.61 Å². The number of para-hydroxylation sites is 1. The van der Waals surface area contributed by atoms with Crippen molar-refractivity contribution in [3.05, 3.63) is 54.2 Å². The fraction of sp³-hybridized carbons (Fsp3) is 0.158. The number of carbonyl (C=O) groups is 1. The lowest BCUT2D eigenvalue weighted by Crippen LogP contribution is -2.01. The van der Waals surface area contributed by atoms with Crippen LogP contribution < -0.4 is 4.74 Å². The van der Waals surface area contributed by atoms with Gasteiger partial charge in [0.25, 0.3) is 0 Å². The number of aryl methyl sites for hydroxylation is 1. The van der Waals surface area contributed by atoms with Gasteiger partial charge in [-0.1, -0.05) is 30.0 Å². The number of aromatic nitrogens is 3. The van der Waals surface area contributed by atoms with Gasteiger partial charge in [-0.3, -0.25) is 4.79 Å². The van der Waals surface area contributed by atoms with Gasteiger partial charge in [0.1, 0.15) is 5.75 Å². The van der Waals surface area contributed by atoms with Gasteiger partial charge in [0.15, 0.2) is 10.9 Å². The van der Waals surface area contributed by atoms with Crippen LogP contribution in [0.4, 0.5) is 8.78 Å². The lowest BCUT2D eigenvalue weighted by Gasteiger charge is -2.02. The Morgan fingerprint density at radius 2 is 2.11 bits per heavy atom. The van der Waals surface area contributed by atoms with E-state index in [-0.39, 0.29) is 17.3 Å². The third-order valence-electron chi connectivity index (χ3n) is 4.19. The molecule has 5 nitrogen and oxygen atoms in total. The molecule has 1 N–H and O–H groups in total. The highest BCUT2D eigenvalue weighted by Crippen LogP contribution is 2.26. The van der Waals surface area contributed by atoms with E-state index in [1.807, 2.05) is 42.1 Å². The summed E-state index contributed by atoms with van der Waals surface area (Å²) in [5.74, 6) is 0.275. The fourth-order valence-corrected chi connectivity index (χ4v) is 3.75. The number of nitrogens with zero attached hydrogens (tertiary/aromatic N) is 2. The van der Waals surface area contributed by atoms with Crippen LogP contribution in [-0.2, 0) is 7.05 Å². The molecule has 0 atom stereocenters. The lowest BCUT2D eigenvalue weighted by atomic mass is 10.1. The van der Waals surface area contributed by atoms with E-state index < -0.39 is 6.61 Å². The monoisotopic (exact) mass is 387 g/mol. The first-order valence-electron chi connectivity index (χ1n) is 8.16. The van der Waals surface area contributed by atoms with Crippen molar-refractivity contribution in [1.82, 2.24) is 14.5 Å². The molecule has 27 heavy (non-hydrogen) atoms. The number of benzene rings is 2. The molecule has 0 aliphatic carbocycles. The minimum atomic E-state index is -2.88. The molecule has 0 saturated carbocycles. The highest BCUT2D eigenvalue weighted by Gasteiger charge is 2.15. The molecule has 2 heterocycles. The number of ketones is 1. The number of H-pyrrole nitrogens is 1. The summed E-state index contributed by atoms with van der Waals surface area (Å²) in [5, 5.41) is 1.47. The molecule has 4 rings (SSSR count). The summed E-state index contributed by atoms with van der Waals surface area (Å²) >= 11 is 1.27. The SMILES string of the molecule is Cn1cc(C(=O)CSc2nc3ccc(OC(F)F)cc3[nH]2)c2ccccc21. The van der Waals surface area contributed by atoms with Crippen LogP contribution in [0.3, 0.4) is 0 Å². The molecule has 0 bridgehead atoms. The number of Topliss-reactive ketones (excluding diaryl/α,β-unsaturated/α-hetero) is 1. The van der Waals surface area contributed by atoms with Gasteiger partial charge in [-0.25, -0.2) is 4.98 Å². The maximum atomic E-state index is 12.7. The number of ether oxygens (including phenoxy) is 1. The standard InChI is InChI=1S/C19H15F2N3O2S/c1-24-9-13(12-4-2-3-5-16(12)24)17(25)10-27-19-22-14-7-6-11(26-18(20)21)8-15(14)23-19/h2-9,18H,10H2,1H3,(H,22,23). The molecule has 2 aromatic heterocycles. The lowest BCUT2D eigenvalue weighted by molar-refractivity contribution is -0.0497. The van der Waals surface area contributed by atoms with E-state index in [2.05, 4.69) is 14.7 Å². The zero-order valence-electron chi connectivity index (χ0n) is 14.3. The van der Waals surface area contributed by atoms with Crippen molar-refractivity contribution in [2.45, 2.75) is 11.8 Å². The number of thioether (sulfide) groups is 1. The molecule has 0 amide bonds. The number of aromatic amines is 1. The van der Waals surface area contributed by atoms with Crippen LogP contribution in [0.5, 0.6) is 5.75 Å². The van der Waals surface area contributed by atoms with Crippen LogP contribution in [0.2, 0.25) is 0 Å². The van der Waals surface area contributed by atoms with Crippen molar-refractivity contribution in [3.63, 3.8) is 0 Å². The van der Waals surface area contributed by atoms with Crippen LogP contribution in [-0.4, -0.2) is 32.7 Å². The van der Waals surface area contributed by atoms with Crippen molar-refractivity contribution < 1.29 is 18.3 Å². The van der Waals surface area contributed by atoms with Gasteiger partial charge in [-0.2, -0.15) is 8.78 Å². The number of rotatable bonds is 6. The number of alkyl halides is 2. The summed E-state index contributed by atoms with van der Waals surface area (Å²) in [6.45, 7) is -2.88. The Labute approximate surface area is 157 Å². The van der Waals surface area contributed by atoms with E-state index in [0.29, 0.717) is 21.8 Å². The van der Waals surface area contributed by atoms with Gasteiger partial charge in [0, 0.05) is 35.8 Å². The minimum absolute atomic E-state index is 0.000946. The summed E-state index contributed by atoms with van der Waals surface area (Å²) in [4.78, 5) is 20.1. The van der Waals surface area contributed by atoms with E-state index in [9.17, 15) is 13.6 Å². The molecular formula is C19H15F2N3O2S. The second kappa shape index (κ2) is 7.03. The van der Waals surface area contributed by atoms with Gasteiger partial charge in [0.05, 0.1) is 16.8 Å². The van der Waals surface area contributed by atoms with Crippen LogP contribution in [0.25, 0.3) is 21.9 Å². The van der Waals surface area contributed by atoms with Gasteiger partial charge in [-0.05, 0) is 18.2 Å². The molecule has 4 aromatic rings. The maximum absolute atomic E-state index is 12.7. The first-order chi connectivity index (χ1) is 13.0. The summed E-state index contributed by atoms with van der Waals surface area (Å²) in [7, 11) is 1.91. The second-order valence-corrected chi connectivity index (χ2v) is 6.95.